The van der Waals surface area contributed by atoms with Crippen LogP contribution < -0.4 is 5.32 Å². The Bertz CT molecular complexity index is 549. The molecule has 0 atom stereocenters. The fraction of sp³-hybridized carbons (Fsp3) is 0.100. The van der Waals surface area contributed by atoms with Crippen LogP contribution in [0.15, 0.2) is 24.9 Å². The highest BCUT2D eigenvalue weighted by atomic mass is 35.5. The van der Waals surface area contributed by atoms with Gasteiger partial charge < -0.3 is 5.32 Å². The van der Waals surface area contributed by atoms with Gasteiger partial charge in [-0.3, -0.25) is 9.89 Å². The molecule has 6 heteroatoms. The number of hydrogen-bond acceptors (Lipinski definition) is 3. The highest BCUT2D eigenvalue weighted by Crippen LogP contribution is 2.20. The number of nitrogens with one attached hydrogen (secondary N) is 2. The topological polar surface area (TPSA) is 70.7 Å². The summed E-state index contributed by atoms with van der Waals surface area (Å²) in [5, 5.41) is 9.56. The van der Waals surface area contributed by atoms with Crippen LogP contribution >= 0.6 is 11.6 Å². The number of pyridine rings is 1. The molecule has 16 heavy (non-hydrogen) atoms. The van der Waals surface area contributed by atoms with Crippen LogP contribution in [0, 0.1) is 0 Å². The van der Waals surface area contributed by atoms with Crippen molar-refractivity contribution in [1.82, 2.24) is 20.5 Å². The summed E-state index contributed by atoms with van der Waals surface area (Å²) in [6.45, 7) is 3.90. The summed E-state index contributed by atoms with van der Waals surface area (Å²) in [5.74, 6) is -0.287. The highest BCUT2D eigenvalue weighted by Gasteiger charge is 2.11. The lowest BCUT2D eigenvalue weighted by atomic mass is 10.3. The lowest BCUT2D eigenvalue weighted by molar-refractivity contribution is 0.0953. The Labute approximate surface area is 96.5 Å². The molecule has 0 aliphatic heterocycles. The van der Waals surface area contributed by atoms with Crippen LogP contribution in [0.25, 0.3) is 11.0 Å². The zero-order valence-corrected chi connectivity index (χ0v) is 9.08. The van der Waals surface area contributed by atoms with E-state index >= 15 is 0 Å². The maximum Gasteiger partial charge on any atom is 0.270 e. The molecule has 2 rings (SSSR count). The third kappa shape index (κ3) is 1.90. The van der Waals surface area contributed by atoms with E-state index in [2.05, 4.69) is 27.1 Å². The van der Waals surface area contributed by atoms with E-state index in [-0.39, 0.29) is 11.6 Å². The van der Waals surface area contributed by atoms with Gasteiger partial charge in [0.2, 0.25) is 0 Å². The Kier molecular flexibility index (Phi) is 2.87. The van der Waals surface area contributed by atoms with Gasteiger partial charge in [0.1, 0.15) is 16.7 Å². The SMILES string of the molecule is C=CCNC(=O)c1cc(Cl)c2[nH]ncc2n1. The standard InChI is InChI=1S/C10H9ClN4O/c1-2-3-12-10(16)7-4-6(11)9-8(14-7)5-13-15-9/h2,4-5H,1,3H2,(H,12,16)(H,13,15). The normalized spacial score (nSPS) is 10.3. The van der Waals surface area contributed by atoms with Crippen molar-refractivity contribution in [2.45, 2.75) is 0 Å². The van der Waals surface area contributed by atoms with Crippen LogP contribution in [0.2, 0.25) is 5.02 Å². The molecule has 1 amide bonds. The fourth-order valence-corrected chi connectivity index (χ4v) is 1.51. The fourth-order valence-electron chi connectivity index (χ4n) is 1.27. The first-order valence-corrected chi connectivity index (χ1v) is 4.99. The number of hydrogen-bond donors (Lipinski definition) is 2. The van der Waals surface area contributed by atoms with Gasteiger partial charge >= 0.3 is 0 Å². The molecule has 5 nitrogen and oxygen atoms in total. The summed E-state index contributed by atoms with van der Waals surface area (Å²) < 4.78 is 0. The van der Waals surface area contributed by atoms with Gasteiger partial charge in [-0.2, -0.15) is 5.10 Å². The average Bonchev–Trinajstić information content (AvgIpc) is 2.74. The van der Waals surface area contributed by atoms with Gasteiger partial charge in [-0.05, 0) is 6.07 Å². The van der Waals surface area contributed by atoms with Crippen LogP contribution in [-0.2, 0) is 0 Å². The minimum atomic E-state index is -0.287. The highest BCUT2D eigenvalue weighted by molar-refractivity contribution is 6.35. The number of halogens is 1. The van der Waals surface area contributed by atoms with Crippen molar-refractivity contribution in [2.24, 2.45) is 0 Å². The van der Waals surface area contributed by atoms with Crippen molar-refractivity contribution >= 4 is 28.5 Å². The number of fused-ring (bicyclic) bond motifs is 1. The summed E-state index contributed by atoms with van der Waals surface area (Å²) >= 11 is 5.97. The number of aromatic nitrogens is 3. The third-order valence-corrected chi connectivity index (χ3v) is 2.30. The molecule has 2 N–H and O–H groups in total. The molecule has 0 unspecified atom stereocenters. The maximum atomic E-state index is 11.6. The number of carbonyl (C=O) groups excluding carboxylic acids is 1. The van der Waals surface area contributed by atoms with Gasteiger partial charge in [0.15, 0.2) is 0 Å². The molecular formula is C10H9ClN4O. The van der Waals surface area contributed by atoms with E-state index in [1.165, 1.54) is 12.3 Å². The maximum absolute atomic E-state index is 11.6. The van der Waals surface area contributed by atoms with Crippen LogP contribution in [0.4, 0.5) is 0 Å². The van der Waals surface area contributed by atoms with Crippen molar-refractivity contribution in [3.63, 3.8) is 0 Å². The molecule has 0 bridgehead atoms. The summed E-state index contributed by atoms with van der Waals surface area (Å²) in [5.41, 5.74) is 1.46. The third-order valence-electron chi connectivity index (χ3n) is 2.00. The predicted octanol–water partition coefficient (Wildman–Crippen LogP) is 1.53. The zero-order valence-electron chi connectivity index (χ0n) is 8.33. The number of rotatable bonds is 3. The molecule has 0 radical (unpaired) electrons. The number of aromatic amines is 1. The second kappa shape index (κ2) is 4.32. The summed E-state index contributed by atoms with van der Waals surface area (Å²) in [7, 11) is 0. The molecule has 0 fully saturated rings. The van der Waals surface area contributed by atoms with E-state index in [4.69, 9.17) is 11.6 Å². The minimum Gasteiger partial charge on any atom is -0.347 e. The Hall–Kier alpha value is -1.88. The average molecular weight is 237 g/mol. The molecular weight excluding hydrogens is 228 g/mol. The van der Waals surface area contributed by atoms with E-state index < -0.39 is 0 Å². The molecule has 2 aromatic heterocycles. The Balaban J connectivity index is 2.37. The van der Waals surface area contributed by atoms with Gasteiger partial charge in [-0.1, -0.05) is 17.7 Å². The Morgan fingerprint density at radius 3 is 3.25 bits per heavy atom. The second-order valence-corrected chi connectivity index (χ2v) is 3.53. The van der Waals surface area contributed by atoms with Gasteiger partial charge in [0.25, 0.3) is 5.91 Å². The summed E-state index contributed by atoms with van der Waals surface area (Å²) in [6.07, 6.45) is 3.11. The van der Waals surface area contributed by atoms with Gasteiger partial charge in [-0.25, -0.2) is 4.98 Å². The van der Waals surface area contributed by atoms with Crippen molar-refractivity contribution in [1.29, 1.82) is 0 Å². The lowest BCUT2D eigenvalue weighted by Crippen LogP contribution is -2.24. The minimum absolute atomic E-state index is 0.265. The van der Waals surface area contributed by atoms with Crippen LogP contribution in [-0.4, -0.2) is 27.6 Å². The molecule has 0 saturated carbocycles. The Morgan fingerprint density at radius 1 is 1.69 bits per heavy atom. The summed E-state index contributed by atoms with van der Waals surface area (Å²) in [6, 6.07) is 1.50. The van der Waals surface area contributed by atoms with E-state index in [0.29, 0.717) is 22.6 Å². The first-order valence-electron chi connectivity index (χ1n) is 4.61. The number of carbonyl (C=O) groups is 1. The molecule has 2 aromatic rings. The van der Waals surface area contributed by atoms with E-state index in [0.717, 1.165) is 0 Å². The van der Waals surface area contributed by atoms with Crippen LogP contribution in [0.3, 0.4) is 0 Å². The Morgan fingerprint density at radius 2 is 2.50 bits per heavy atom. The zero-order chi connectivity index (χ0) is 11.5. The summed E-state index contributed by atoms with van der Waals surface area (Å²) in [4.78, 5) is 15.7. The molecule has 2 heterocycles. The first kappa shape index (κ1) is 10.6. The molecule has 0 spiro atoms. The van der Waals surface area contributed by atoms with Crippen LogP contribution in [0.5, 0.6) is 0 Å². The predicted molar refractivity (Wildman–Crippen MR) is 61.4 cm³/mol. The second-order valence-electron chi connectivity index (χ2n) is 3.12. The van der Waals surface area contributed by atoms with Crippen molar-refractivity contribution < 1.29 is 4.79 Å². The van der Waals surface area contributed by atoms with Crippen LogP contribution in [0.1, 0.15) is 10.5 Å². The number of H-pyrrole nitrogens is 1. The van der Waals surface area contributed by atoms with E-state index in [1.807, 2.05) is 0 Å². The molecule has 0 saturated heterocycles. The number of nitrogens with zero attached hydrogens (tertiary/aromatic N) is 2. The monoisotopic (exact) mass is 236 g/mol. The van der Waals surface area contributed by atoms with Gasteiger partial charge in [0, 0.05) is 6.54 Å². The molecule has 0 aromatic carbocycles. The van der Waals surface area contributed by atoms with Crippen molar-refractivity contribution in [2.75, 3.05) is 6.54 Å². The smallest absolute Gasteiger partial charge is 0.270 e. The van der Waals surface area contributed by atoms with Crippen molar-refractivity contribution in [3.05, 3.63) is 35.6 Å². The molecule has 0 aliphatic carbocycles. The number of amides is 1. The quantitative estimate of drug-likeness (QED) is 0.794. The molecule has 82 valence electrons. The van der Waals surface area contributed by atoms with E-state index in [9.17, 15) is 4.79 Å². The lowest BCUT2D eigenvalue weighted by Gasteiger charge is -2.02. The largest absolute Gasteiger partial charge is 0.347 e. The van der Waals surface area contributed by atoms with E-state index in [1.54, 1.807) is 6.08 Å². The van der Waals surface area contributed by atoms with Crippen molar-refractivity contribution in [3.8, 4) is 0 Å². The first-order chi connectivity index (χ1) is 7.72. The van der Waals surface area contributed by atoms with Gasteiger partial charge in [-0.15, -0.1) is 6.58 Å². The van der Waals surface area contributed by atoms with Gasteiger partial charge in [0.05, 0.1) is 11.2 Å². The molecule has 0 aliphatic rings.